The molecule has 3 aromatic carbocycles. The van der Waals surface area contributed by atoms with Crippen LogP contribution in [0.4, 0.5) is 4.39 Å². The molecule has 0 heterocycles. The van der Waals surface area contributed by atoms with E-state index in [-0.39, 0.29) is 5.82 Å². The molecule has 0 bridgehead atoms. The van der Waals surface area contributed by atoms with Crippen molar-refractivity contribution in [3.8, 4) is 11.8 Å². The maximum atomic E-state index is 15.0. The minimum Gasteiger partial charge on any atom is -0.206 e. The fourth-order valence-corrected chi connectivity index (χ4v) is 5.41. The number of fused-ring (bicyclic) bond motifs is 1. The van der Waals surface area contributed by atoms with Crippen LogP contribution in [-0.2, 0) is 6.42 Å². The third-order valence-electron chi connectivity index (χ3n) is 7.74. The molecule has 0 aromatic heterocycles. The second-order valence-electron chi connectivity index (χ2n) is 10.1. The van der Waals surface area contributed by atoms with E-state index in [1.807, 2.05) is 30.3 Å². The van der Waals surface area contributed by atoms with Gasteiger partial charge in [0.25, 0.3) is 0 Å². The highest BCUT2D eigenvalue weighted by Gasteiger charge is 2.21. The van der Waals surface area contributed by atoms with Gasteiger partial charge >= 0.3 is 0 Å². The molecule has 0 amide bonds. The first-order valence-corrected chi connectivity index (χ1v) is 13.5. The Balaban J connectivity index is 1.40. The lowest BCUT2D eigenvalue weighted by Gasteiger charge is -2.28. The largest absolute Gasteiger partial charge is 0.206 e. The molecule has 1 fully saturated rings. The molecule has 1 saturated carbocycles. The smallest absolute Gasteiger partial charge is 0.134 e. The molecule has 0 nitrogen and oxygen atoms in total. The zero-order valence-corrected chi connectivity index (χ0v) is 21.0. The molecule has 1 aliphatic rings. The standard InChI is InChI=1S/C33H39F/c1-3-5-6-7-8-9-30-21-22-31-24-27(16-23-32(31)33(30)34)11-10-26-14-19-29(20-15-26)28-17-12-25(4-2)13-18-28/h14-16,19-25,28H,3-9,12-13,17-18H2,1-2H3. The van der Waals surface area contributed by atoms with E-state index in [0.717, 1.165) is 40.8 Å². The van der Waals surface area contributed by atoms with Crippen LogP contribution in [0.15, 0.2) is 54.6 Å². The van der Waals surface area contributed by atoms with E-state index in [0.29, 0.717) is 11.3 Å². The molecule has 0 spiro atoms. The van der Waals surface area contributed by atoms with Gasteiger partial charge in [0.1, 0.15) is 5.82 Å². The molecule has 34 heavy (non-hydrogen) atoms. The highest BCUT2D eigenvalue weighted by Crippen LogP contribution is 2.36. The topological polar surface area (TPSA) is 0 Å². The van der Waals surface area contributed by atoms with Crippen LogP contribution >= 0.6 is 0 Å². The van der Waals surface area contributed by atoms with E-state index in [2.05, 4.69) is 50.0 Å². The van der Waals surface area contributed by atoms with Gasteiger partial charge in [0.05, 0.1) is 0 Å². The molecule has 0 saturated heterocycles. The highest BCUT2D eigenvalue weighted by molar-refractivity contribution is 5.85. The van der Waals surface area contributed by atoms with Crippen LogP contribution in [0.25, 0.3) is 10.8 Å². The number of benzene rings is 3. The van der Waals surface area contributed by atoms with Crippen molar-refractivity contribution in [2.24, 2.45) is 5.92 Å². The summed E-state index contributed by atoms with van der Waals surface area (Å²) in [6, 6.07) is 18.7. The Morgan fingerprint density at radius 3 is 2.21 bits per heavy atom. The monoisotopic (exact) mass is 454 g/mol. The fourth-order valence-electron chi connectivity index (χ4n) is 5.41. The summed E-state index contributed by atoms with van der Waals surface area (Å²) in [6.45, 7) is 4.54. The van der Waals surface area contributed by atoms with E-state index >= 15 is 4.39 Å². The van der Waals surface area contributed by atoms with Crippen molar-refractivity contribution in [3.05, 3.63) is 82.7 Å². The summed E-state index contributed by atoms with van der Waals surface area (Å²) in [4.78, 5) is 0. The zero-order valence-electron chi connectivity index (χ0n) is 21.0. The van der Waals surface area contributed by atoms with Crippen LogP contribution in [0.1, 0.15) is 106 Å². The van der Waals surface area contributed by atoms with Crippen molar-refractivity contribution >= 4 is 10.8 Å². The van der Waals surface area contributed by atoms with Gasteiger partial charge in [0, 0.05) is 16.5 Å². The summed E-state index contributed by atoms with van der Waals surface area (Å²) in [5.74, 6) is 8.16. The average Bonchev–Trinajstić information content (AvgIpc) is 2.89. The third kappa shape index (κ3) is 6.29. The summed E-state index contributed by atoms with van der Waals surface area (Å²) < 4.78 is 15.0. The van der Waals surface area contributed by atoms with E-state index < -0.39 is 0 Å². The number of hydrogen-bond donors (Lipinski definition) is 0. The maximum absolute atomic E-state index is 15.0. The van der Waals surface area contributed by atoms with Gasteiger partial charge in [-0.15, -0.1) is 0 Å². The minimum atomic E-state index is -0.0592. The summed E-state index contributed by atoms with van der Waals surface area (Å²) in [5, 5.41) is 1.64. The average molecular weight is 455 g/mol. The Labute approximate surface area is 206 Å². The number of rotatable bonds is 8. The van der Waals surface area contributed by atoms with Crippen molar-refractivity contribution in [1.29, 1.82) is 0 Å². The number of hydrogen-bond acceptors (Lipinski definition) is 0. The molecule has 178 valence electrons. The molecule has 0 aliphatic heterocycles. The zero-order chi connectivity index (χ0) is 23.8. The Morgan fingerprint density at radius 2 is 1.47 bits per heavy atom. The first-order chi connectivity index (χ1) is 16.7. The minimum absolute atomic E-state index is 0.0592. The molecular formula is C33H39F. The second-order valence-corrected chi connectivity index (χ2v) is 10.1. The van der Waals surface area contributed by atoms with Crippen molar-refractivity contribution in [3.63, 3.8) is 0 Å². The van der Waals surface area contributed by atoms with Crippen LogP contribution in [0, 0.1) is 23.6 Å². The van der Waals surface area contributed by atoms with E-state index in [1.165, 1.54) is 63.4 Å². The molecule has 1 heteroatoms. The van der Waals surface area contributed by atoms with E-state index in [4.69, 9.17) is 0 Å². The Morgan fingerprint density at radius 1 is 0.765 bits per heavy atom. The third-order valence-corrected chi connectivity index (χ3v) is 7.74. The summed E-state index contributed by atoms with van der Waals surface area (Å²) in [7, 11) is 0. The summed E-state index contributed by atoms with van der Waals surface area (Å²) >= 11 is 0. The van der Waals surface area contributed by atoms with Crippen LogP contribution in [0.2, 0.25) is 0 Å². The summed E-state index contributed by atoms with van der Waals surface area (Å²) in [5.41, 5.74) is 4.27. The molecular weight excluding hydrogens is 415 g/mol. The van der Waals surface area contributed by atoms with Crippen molar-refractivity contribution < 1.29 is 4.39 Å². The molecule has 0 atom stereocenters. The second kappa shape index (κ2) is 12.2. The predicted octanol–water partition coefficient (Wildman–Crippen LogP) is 9.58. The number of aryl methyl sites for hydroxylation is 1. The van der Waals surface area contributed by atoms with E-state index in [1.54, 1.807) is 0 Å². The Bertz CT molecular complexity index is 1120. The van der Waals surface area contributed by atoms with Crippen LogP contribution in [-0.4, -0.2) is 0 Å². The van der Waals surface area contributed by atoms with Gasteiger partial charge < -0.3 is 0 Å². The molecule has 3 aromatic rings. The lowest BCUT2D eigenvalue weighted by molar-refractivity contribution is 0.319. The lowest BCUT2D eigenvalue weighted by Crippen LogP contribution is -2.12. The summed E-state index contributed by atoms with van der Waals surface area (Å²) in [6.07, 6.45) is 13.5. The Hall–Kier alpha value is -2.59. The van der Waals surface area contributed by atoms with Crippen LogP contribution < -0.4 is 0 Å². The van der Waals surface area contributed by atoms with Gasteiger partial charge in [-0.3, -0.25) is 0 Å². The molecule has 1 aliphatic carbocycles. The number of unbranched alkanes of at least 4 members (excludes halogenated alkanes) is 4. The molecule has 4 rings (SSSR count). The SMILES string of the molecule is CCCCCCCc1ccc2cc(C#Cc3ccc(C4CCC(CC)CC4)cc3)ccc2c1F. The van der Waals surface area contributed by atoms with Crippen molar-refractivity contribution in [2.75, 3.05) is 0 Å². The van der Waals surface area contributed by atoms with E-state index in [9.17, 15) is 0 Å². The van der Waals surface area contributed by atoms with Gasteiger partial charge in [-0.25, -0.2) is 4.39 Å². The molecule has 0 N–H and O–H groups in total. The van der Waals surface area contributed by atoms with Crippen LogP contribution in [0.3, 0.4) is 0 Å². The predicted molar refractivity (Wildman–Crippen MR) is 144 cm³/mol. The fraction of sp³-hybridized carbons (Fsp3) is 0.455. The highest BCUT2D eigenvalue weighted by atomic mass is 19.1. The van der Waals surface area contributed by atoms with Gasteiger partial charge in [0.2, 0.25) is 0 Å². The van der Waals surface area contributed by atoms with Crippen LogP contribution in [0.5, 0.6) is 0 Å². The molecule has 0 unspecified atom stereocenters. The first kappa shape index (κ1) is 24.5. The van der Waals surface area contributed by atoms with Gasteiger partial charge in [-0.1, -0.05) is 88.1 Å². The van der Waals surface area contributed by atoms with Crippen molar-refractivity contribution in [1.82, 2.24) is 0 Å². The quantitative estimate of drug-likeness (QED) is 0.235. The van der Waals surface area contributed by atoms with Gasteiger partial charge in [-0.2, -0.15) is 0 Å². The normalized spacial score (nSPS) is 18.0. The number of halogens is 1. The maximum Gasteiger partial charge on any atom is 0.134 e. The Kier molecular flexibility index (Phi) is 8.81. The lowest BCUT2D eigenvalue weighted by atomic mass is 9.78. The van der Waals surface area contributed by atoms with Gasteiger partial charge in [0.15, 0.2) is 0 Å². The first-order valence-electron chi connectivity index (χ1n) is 13.5. The van der Waals surface area contributed by atoms with Gasteiger partial charge in [-0.05, 0) is 91.1 Å². The van der Waals surface area contributed by atoms with Crippen molar-refractivity contribution in [2.45, 2.75) is 90.4 Å². The molecule has 0 radical (unpaired) electrons.